The second kappa shape index (κ2) is 8.91. The van der Waals surface area contributed by atoms with Crippen LogP contribution in [0.2, 0.25) is 0 Å². The molecule has 1 aromatic rings. The smallest absolute Gasteiger partial charge is 0.275 e. The number of hydrogen-bond donors (Lipinski definition) is 4. The van der Waals surface area contributed by atoms with E-state index in [1.807, 2.05) is 18.2 Å². The van der Waals surface area contributed by atoms with E-state index in [0.29, 0.717) is 18.8 Å². The van der Waals surface area contributed by atoms with Crippen LogP contribution in [0.1, 0.15) is 13.8 Å². The Morgan fingerprint density at radius 1 is 1.19 bits per heavy atom. The van der Waals surface area contributed by atoms with Crippen LogP contribution in [0.5, 0.6) is 5.75 Å². The third-order valence-corrected chi connectivity index (χ3v) is 5.88. The lowest BCUT2D eigenvalue weighted by atomic mass is 10.0. The van der Waals surface area contributed by atoms with Crippen LogP contribution < -0.4 is 20.0 Å². The number of hydrogen-bond acceptors (Lipinski definition) is 4. The Morgan fingerprint density at radius 3 is 2.52 bits per heavy atom. The molecule has 0 unspecified atom stereocenters. The normalized spacial score (nSPS) is 19.9. The summed E-state index contributed by atoms with van der Waals surface area (Å²) in [5, 5.41) is 13.1. The molecule has 27 heavy (non-hydrogen) atoms. The Labute approximate surface area is 161 Å². The van der Waals surface area contributed by atoms with Crippen LogP contribution >= 0.6 is 0 Å². The van der Waals surface area contributed by atoms with Crippen molar-refractivity contribution in [1.29, 1.82) is 0 Å². The van der Waals surface area contributed by atoms with Crippen LogP contribution in [0, 0.1) is 0 Å². The number of piperazine rings is 1. The molecule has 2 heterocycles. The Bertz CT molecular complexity index is 623. The van der Waals surface area contributed by atoms with E-state index in [1.54, 1.807) is 6.07 Å². The van der Waals surface area contributed by atoms with Gasteiger partial charge < -0.3 is 29.9 Å². The maximum Gasteiger partial charge on any atom is 0.275 e. The van der Waals surface area contributed by atoms with Gasteiger partial charge in [-0.05, 0) is 26.0 Å². The Kier molecular flexibility index (Phi) is 6.57. The fourth-order valence-corrected chi connectivity index (χ4v) is 4.00. The summed E-state index contributed by atoms with van der Waals surface area (Å²) in [7, 11) is 0. The van der Waals surface area contributed by atoms with E-state index in [4.69, 9.17) is 4.74 Å². The molecule has 0 saturated carbocycles. The quantitative estimate of drug-likeness (QED) is 0.458. The summed E-state index contributed by atoms with van der Waals surface area (Å²) in [4.78, 5) is 17.4. The summed E-state index contributed by atoms with van der Waals surface area (Å²) in [5.41, 5.74) is 0.912. The van der Waals surface area contributed by atoms with Crippen LogP contribution in [-0.4, -0.2) is 82.1 Å². The van der Waals surface area contributed by atoms with Crippen molar-refractivity contribution in [2.24, 2.45) is 0 Å². The van der Waals surface area contributed by atoms with Gasteiger partial charge in [0.25, 0.3) is 5.91 Å². The molecule has 0 radical (unpaired) electrons. The van der Waals surface area contributed by atoms with E-state index >= 15 is 0 Å². The summed E-state index contributed by atoms with van der Waals surface area (Å²) < 4.78 is 5.44. The zero-order chi connectivity index (χ0) is 19.3. The maximum absolute atomic E-state index is 12.4. The Balaban J connectivity index is 1.41. The number of benzene rings is 1. The van der Waals surface area contributed by atoms with Crippen molar-refractivity contribution in [3.63, 3.8) is 0 Å². The lowest BCUT2D eigenvalue weighted by Crippen LogP contribution is -3.22. The SMILES string of the molecule is CC(C)(CNC(=O)C[NH+]1CCN(c2ccccc2O)CC1)[NH+]1CCOCC1. The van der Waals surface area contributed by atoms with Gasteiger partial charge in [-0.15, -0.1) is 0 Å². The zero-order valence-electron chi connectivity index (χ0n) is 16.6. The van der Waals surface area contributed by atoms with E-state index in [2.05, 4.69) is 24.1 Å². The number of carbonyl (C=O) groups is 1. The summed E-state index contributed by atoms with van der Waals surface area (Å²) in [6.07, 6.45) is 0. The molecule has 7 heteroatoms. The van der Waals surface area contributed by atoms with Crippen LogP contribution in [0.15, 0.2) is 24.3 Å². The highest BCUT2D eigenvalue weighted by molar-refractivity contribution is 5.76. The molecular weight excluding hydrogens is 344 g/mol. The van der Waals surface area contributed by atoms with E-state index in [1.165, 1.54) is 9.80 Å². The number of morpholine rings is 1. The molecule has 0 bridgehead atoms. The van der Waals surface area contributed by atoms with Gasteiger partial charge in [0.05, 0.1) is 51.6 Å². The fourth-order valence-electron chi connectivity index (χ4n) is 4.00. The van der Waals surface area contributed by atoms with Gasteiger partial charge in [-0.1, -0.05) is 12.1 Å². The molecule has 2 aliphatic heterocycles. The van der Waals surface area contributed by atoms with Crippen molar-refractivity contribution in [3.8, 4) is 5.75 Å². The molecule has 2 fully saturated rings. The number of carbonyl (C=O) groups excluding carboxylic acids is 1. The first kappa shape index (κ1) is 19.9. The lowest BCUT2D eigenvalue weighted by Gasteiger charge is -2.38. The predicted molar refractivity (Wildman–Crippen MR) is 104 cm³/mol. The number of phenolic OH excluding ortho intramolecular Hbond substituents is 1. The number of anilines is 1. The molecule has 0 spiro atoms. The van der Waals surface area contributed by atoms with Gasteiger partial charge in [0.2, 0.25) is 0 Å². The second-order valence-corrected chi connectivity index (χ2v) is 8.28. The molecule has 0 atom stereocenters. The molecule has 0 aliphatic carbocycles. The monoisotopic (exact) mass is 378 g/mol. The summed E-state index contributed by atoms with van der Waals surface area (Å²) >= 11 is 0. The van der Waals surface area contributed by atoms with E-state index in [-0.39, 0.29) is 11.4 Å². The highest BCUT2D eigenvalue weighted by Crippen LogP contribution is 2.25. The van der Waals surface area contributed by atoms with Crippen molar-refractivity contribution in [2.45, 2.75) is 19.4 Å². The largest absolute Gasteiger partial charge is 0.506 e. The molecule has 150 valence electrons. The van der Waals surface area contributed by atoms with Crippen LogP contribution in [0.4, 0.5) is 5.69 Å². The number of ether oxygens (including phenoxy) is 1. The van der Waals surface area contributed by atoms with E-state index < -0.39 is 0 Å². The highest BCUT2D eigenvalue weighted by Gasteiger charge is 2.33. The van der Waals surface area contributed by atoms with Crippen LogP contribution in [0.25, 0.3) is 0 Å². The van der Waals surface area contributed by atoms with Gasteiger partial charge in [-0.2, -0.15) is 0 Å². The molecule has 2 saturated heterocycles. The third kappa shape index (κ3) is 5.34. The number of rotatable bonds is 6. The summed E-state index contributed by atoms with van der Waals surface area (Å²) in [6.45, 7) is 12.8. The zero-order valence-corrected chi connectivity index (χ0v) is 16.6. The molecular formula is C20H34N4O3+2. The van der Waals surface area contributed by atoms with Gasteiger partial charge in [0, 0.05) is 0 Å². The van der Waals surface area contributed by atoms with Gasteiger partial charge >= 0.3 is 0 Å². The van der Waals surface area contributed by atoms with Crippen LogP contribution in [-0.2, 0) is 9.53 Å². The van der Waals surface area contributed by atoms with Crippen molar-refractivity contribution >= 4 is 11.6 Å². The lowest BCUT2D eigenvalue weighted by molar-refractivity contribution is -0.954. The number of nitrogens with zero attached hydrogens (tertiary/aromatic N) is 1. The minimum atomic E-state index is 0.0261. The average molecular weight is 379 g/mol. The topological polar surface area (TPSA) is 70.7 Å². The second-order valence-electron chi connectivity index (χ2n) is 8.28. The fraction of sp³-hybridized carbons (Fsp3) is 0.650. The number of quaternary nitrogens is 2. The minimum absolute atomic E-state index is 0.0261. The van der Waals surface area contributed by atoms with Crippen molar-refractivity contribution in [3.05, 3.63) is 24.3 Å². The van der Waals surface area contributed by atoms with Gasteiger partial charge in [-0.3, -0.25) is 4.79 Å². The Morgan fingerprint density at radius 2 is 1.85 bits per heavy atom. The molecule has 1 aromatic carbocycles. The van der Waals surface area contributed by atoms with Crippen LogP contribution in [0.3, 0.4) is 0 Å². The first-order chi connectivity index (χ1) is 13.0. The average Bonchev–Trinajstić information content (AvgIpc) is 2.68. The van der Waals surface area contributed by atoms with E-state index in [9.17, 15) is 9.90 Å². The van der Waals surface area contributed by atoms with E-state index in [0.717, 1.165) is 58.2 Å². The third-order valence-electron chi connectivity index (χ3n) is 5.88. The van der Waals surface area contributed by atoms with Crippen molar-refractivity contribution < 1.29 is 24.4 Å². The molecule has 0 aromatic heterocycles. The maximum atomic E-state index is 12.4. The number of amides is 1. The number of para-hydroxylation sites is 2. The highest BCUT2D eigenvalue weighted by atomic mass is 16.5. The predicted octanol–water partition coefficient (Wildman–Crippen LogP) is -2.09. The summed E-state index contributed by atoms with van der Waals surface area (Å²) in [5.74, 6) is 0.452. The molecule has 7 nitrogen and oxygen atoms in total. The van der Waals surface area contributed by atoms with Crippen molar-refractivity contribution in [1.82, 2.24) is 5.32 Å². The first-order valence-corrected chi connectivity index (χ1v) is 10.0. The Hall–Kier alpha value is -1.83. The summed E-state index contributed by atoms with van der Waals surface area (Å²) in [6, 6.07) is 7.45. The molecule has 2 aliphatic rings. The molecule has 3 rings (SSSR count). The molecule has 4 N–H and O–H groups in total. The standard InChI is InChI=1S/C20H32N4O3/c1-20(2,24-11-13-27-14-12-24)16-21-19(26)15-22-7-9-23(10-8-22)17-5-3-4-6-18(17)25/h3-6,25H,7-16H2,1-2H3,(H,21,26)/p+2. The number of aromatic hydroxyl groups is 1. The minimum Gasteiger partial charge on any atom is -0.506 e. The van der Waals surface area contributed by atoms with Crippen molar-refractivity contribution in [2.75, 3.05) is 70.5 Å². The number of nitrogens with one attached hydrogen (secondary N) is 3. The van der Waals surface area contributed by atoms with Gasteiger partial charge in [0.15, 0.2) is 6.54 Å². The van der Waals surface area contributed by atoms with Gasteiger partial charge in [0.1, 0.15) is 24.4 Å². The van der Waals surface area contributed by atoms with Gasteiger partial charge in [-0.25, -0.2) is 0 Å². The first-order valence-electron chi connectivity index (χ1n) is 10.0. The molecule has 1 amide bonds. The number of phenols is 1.